The molecule has 4 nitrogen and oxygen atoms in total. The molecule has 1 unspecified atom stereocenters. The maximum absolute atomic E-state index is 11.6. The molecule has 2 heterocycles. The minimum Gasteiger partial charge on any atom is -0.381 e. The Morgan fingerprint density at radius 2 is 2.24 bits per heavy atom. The van der Waals surface area contributed by atoms with Crippen LogP contribution < -0.4 is 10.2 Å². The van der Waals surface area contributed by atoms with Crippen molar-refractivity contribution in [2.24, 2.45) is 0 Å². The van der Waals surface area contributed by atoms with Crippen LogP contribution in [0, 0.1) is 6.92 Å². The average Bonchev–Trinajstić information content (AvgIpc) is 2.27. The number of hydrogen-bond donors (Lipinski definition) is 1. The summed E-state index contributed by atoms with van der Waals surface area (Å²) in [6.07, 6.45) is 0. The van der Waals surface area contributed by atoms with E-state index in [2.05, 4.69) is 35.3 Å². The van der Waals surface area contributed by atoms with Gasteiger partial charge >= 0.3 is 0 Å². The topological polar surface area (TPSA) is 49.4 Å². The van der Waals surface area contributed by atoms with Crippen molar-refractivity contribution in [1.82, 2.24) is 0 Å². The lowest BCUT2D eigenvalue weighted by molar-refractivity contribution is 0.559. The van der Waals surface area contributed by atoms with Crippen molar-refractivity contribution in [3.63, 3.8) is 0 Å². The third-order valence-corrected chi connectivity index (χ3v) is 5.22. The van der Waals surface area contributed by atoms with Crippen LogP contribution in [0.2, 0.25) is 0 Å². The second-order valence-electron chi connectivity index (χ2n) is 4.86. The molecule has 5 heteroatoms. The molecule has 0 amide bonds. The Morgan fingerprint density at radius 3 is 3.06 bits per heavy atom. The van der Waals surface area contributed by atoms with E-state index in [4.69, 9.17) is 0 Å². The zero-order valence-electron chi connectivity index (χ0n) is 9.81. The normalized spacial score (nSPS) is 25.7. The molecule has 17 heavy (non-hydrogen) atoms. The average molecular weight is 252 g/mol. The van der Waals surface area contributed by atoms with Gasteiger partial charge in [0.25, 0.3) is 0 Å². The van der Waals surface area contributed by atoms with E-state index in [1.54, 1.807) is 0 Å². The van der Waals surface area contributed by atoms with Gasteiger partial charge in [0.1, 0.15) is 0 Å². The SMILES string of the molecule is Cc1ccc2c(c1)N1CCS(=O)(=O)CC1CN2. The number of rotatable bonds is 0. The van der Waals surface area contributed by atoms with E-state index in [1.807, 2.05) is 0 Å². The molecule has 2 aliphatic heterocycles. The van der Waals surface area contributed by atoms with Gasteiger partial charge in [-0.05, 0) is 24.6 Å². The Morgan fingerprint density at radius 1 is 1.41 bits per heavy atom. The number of nitrogens with one attached hydrogen (secondary N) is 1. The summed E-state index contributed by atoms with van der Waals surface area (Å²) in [7, 11) is -2.85. The summed E-state index contributed by atoms with van der Waals surface area (Å²) in [5.74, 6) is 0.546. The number of nitrogens with zero attached hydrogens (tertiary/aromatic N) is 1. The summed E-state index contributed by atoms with van der Waals surface area (Å²) in [6.45, 7) is 3.39. The first-order valence-corrected chi connectivity index (χ1v) is 7.69. The summed E-state index contributed by atoms with van der Waals surface area (Å²) in [6, 6.07) is 6.37. The van der Waals surface area contributed by atoms with Crippen molar-refractivity contribution in [3.8, 4) is 0 Å². The van der Waals surface area contributed by atoms with Crippen molar-refractivity contribution in [3.05, 3.63) is 23.8 Å². The molecule has 0 saturated carbocycles. The van der Waals surface area contributed by atoms with Gasteiger partial charge in [0.15, 0.2) is 9.84 Å². The first-order chi connectivity index (χ1) is 8.05. The Balaban J connectivity index is 2.00. The summed E-state index contributed by atoms with van der Waals surface area (Å²) in [5.41, 5.74) is 3.47. The summed E-state index contributed by atoms with van der Waals surface area (Å²) in [4.78, 5) is 2.24. The van der Waals surface area contributed by atoms with Gasteiger partial charge in [-0.3, -0.25) is 0 Å². The lowest BCUT2D eigenvalue weighted by atomic mass is 10.1. The van der Waals surface area contributed by atoms with E-state index in [0.717, 1.165) is 17.9 Å². The molecule has 92 valence electrons. The van der Waals surface area contributed by atoms with Crippen LogP contribution >= 0.6 is 0 Å². The molecule has 1 fully saturated rings. The number of sulfone groups is 1. The van der Waals surface area contributed by atoms with E-state index < -0.39 is 9.84 Å². The summed E-state index contributed by atoms with van der Waals surface area (Å²) >= 11 is 0. The number of aryl methyl sites for hydroxylation is 1. The van der Waals surface area contributed by atoms with E-state index in [0.29, 0.717) is 6.54 Å². The number of anilines is 2. The van der Waals surface area contributed by atoms with Gasteiger partial charge in [0, 0.05) is 13.1 Å². The minimum absolute atomic E-state index is 0.0862. The predicted octanol–water partition coefficient (Wildman–Crippen LogP) is 1.02. The summed E-state index contributed by atoms with van der Waals surface area (Å²) in [5, 5.41) is 3.32. The van der Waals surface area contributed by atoms with Crippen LogP contribution in [0.4, 0.5) is 11.4 Å². The molecule has 2 aliphatic rings. The van der Waals surface area contributed by atoms with Crippen molar-refractivity contribution in [2.75, 3.05) is 34.8 Å². The molecule has 0 aromatic heterocycles. The van der Waals surface area contributed by atoms with Gasteiger partial charge < -0.3 is 10.2 Å². The second-order valence-corrected chi connectivity index (χ2v) is 7.09. The molecule has 1 N–H and O–H groups in total. The second kappa shape index (κ2) is 3.63. The fraction of sp³-hybridized carbons (Fsp3) is 0.500. The maximum atomic E-state index is 11.6. The molecule has 0 spiro atoms. The summed E-state index contributed by atoms with van der Waals surface area (Å²) < 4.78 is 23.3. The van der Waals surface area contributed by atoms with Crippen molar-refractivity contribution in [2.45, 2.75) is 13.0 Å². The zero-order valence-corrected chi connectivity index (χ0v) is 10.6. The lowest BCUT2D eigenvalue weighted by Crippen LogP contribution is -2.54. The van der Waals surface area contributed by atoms with E-state index in [9.17, 15) is 8.42 Å². The molecule has 0 radical (unpaired) electrons. The van der Waals surface area contributed by atoms with Crippen molar-refractivity contribution in [1.29, 1.82) is 0 Å². The van der Waals surface area contributed by atoms with Gasteiger partial charge in [-0.2, -0.15) is 0 Å². The van der Waals surface area contributed by atoms with Crippen LogP contribution in [0.5, 0.6) is 0 Å². The quantitative estimate of drug-likeness (QED) is 0.749. The highest BCUT2D eigenvalue weighted by atomic mass is 32.2. The molecule has 1 atom stereocenters. The van der Waals surface area contributed by atoms with Crippen LogP contribution in [0.15, 0.2) is 18.2 Å². The molecule has 1 aromatic carbocycles. The number of hydrogen-bond acceptors (Lipinski definition) is 4. The Hall–Kier alpha value is -1.23. The number of benzene rings is 1. The Bertz CT molecular complexity index is 554. The van der Waals surface area contributed by atoms with Crippen LogP contribution in [0.25, 0.3) is 0 Å². The first-order valence-electron chi connectivity index (χ1n) is 5.87. The van der Waals surface area contributed by atoms with E-state index in [-0.39, 0.29) is 17.5 Å². The Kier molecular flexibility index (Phi) is 2.33. The molecule has 1 aromatic rings. The molecule has 1 saturated heterocycles. The third kappa shape index (κ3) is 1.88. The predicted molar refractivity (Wildman–Crippen MR) is 69.5 cm³/mol. The highest BCUT2D eigenvalue weighted by Gasteiger charge is 2.34. The van der Waals surface area contributed by atoms with Gasteiger partial charge in [0.05, 0.1) is 28.9 Å². The van der Waals surface area contributed by atoms with Gasteiger partial charge in [0.2, 0.25) is 0 Å². The molecule has 0 aliphatic carbocycles. The van der Waals surface area contributed by atoms with E-state index in [1.165, 1.54) is 5.56 Å². The van der Waals surface area contributed by atoms with Crippen LogP contribution in [0.3, 0.4) is 0 Å². The van der Waals surface area contributed by atoms with Crippen LogP contribution in [0.1, 0.15) is 5.56 Å². The molecular formula is C12H16N2O2S. The monoisotopic (exact) mass is 252 g/mol. The van der Waals surface area contributed by atoms with E-state index >= 15 is 0 Å². The third-order valence-electron chi connectivity index (χ3n) is 3.52. The van der Waals surface area contributed by atoms with Gasteiger partial charge in [-0.1, -0.05) is 6.07 Å². The fourth-order valence-corrected chi connectivity index (χ4v) is 4.15. The Labute approximate surface area is 102 Å². The molecule has 3 rings (SSSR count). The fourth-order valence-electron chi connectivity index (χ4n) is 2.63. The molecular weight excluding hydrogens is 236 g/mol. The largest absolute Gasteiger partial charge is 0.381 e. The van der Waals surface area contributed by atoms with Crippen LogP contribution in [-0.4, -0.2) is 39.1 Å². The van der Waals surface area contributed by atoms with Crippen molar-refractivity contribution < 1.29 is 8.42 Å². The minimum atomic E-state index is -2.85. The number of fused-ring (bicyclic) bond motifs is 3. The van der Waals surface area contributed by atoms with Crippen molar-refractivity contribution >= 4 is 21.2 Å². The first kappa shape index (κ1) is 10.9. The highest BCUT2D eigenvalue weighted by Crippen LogP contribution is 2.34. The van der Waals surface area contributed by atoms with Crippen LogP contribution in [-0.2, 0) is 9.84 Å². The van der Waals surface area contributed by atoms with Gasteiger partial charge in [-0.25, -0.2) is 8.42 Å². The lowest BCUT2D eigenvalue weighted by Gasteiger charge is -2.42. The molecule has 0 bridgehead atoms. The smallest absolute Gasteiger partial charge is 0.154 e. The highest BCUT2D eigenvalue weighted by molar-refractivity contribution is 7.91. The zero-order chi connectivity index (χ0) is 12.0. The van der Waals surface area contributed by atoms with Gasteiger partial charge in [-0.15, -0.1) is 0 Å². The standard InChI is InChI=1S/C12H16N2O2S/c1-9-2-3-11-12(6-9)14-4-5-17(15,16)8-10(14)7-13-11/h2-3,6,10,13H,4-5,7-8H2,1H3. The maximum Gasteiger partial charge on any atom is 0.154 e.